The van der Waals surface area contributed by atoms with E-state index in [1.54, 1.807) is 6.20 Å². The predicted molar refractivity (Wildman–Crippen MR) is 51.1 cm³/mol. The van der Waals surface area contributed by atoms with E-state index in [4.69, 9.17) is 6.42 Å². The molecule has 3 nitrogen and oxygen atoms in total. The minimum Gasteiger partial charge on any atom is -0.334 e. The number of nitrogens with one attached hydrogen (secondary N) is 1. The largest absolute Gasteiger partial charge is 0.334 e. The summed E-state index contributed by atoms with van der Waals surface area (Å²) in [6, 6.07) is 0.432. The van der Waals surface area contributed by atoms with Gasteiger partial charge in [-0.15, -0.1) is 6.42 Å². The van der Waals surface area contributed by atoms with Gasteiger partial charge in [0.1, 0.15) is 11.5 Å². The fourth-order valence-corrected chi connectivity index (χ4v) is 1.84. The van der Waals surface area contributed by atoms with Crippen molar-refractivity contribution in [1.29, 1.82) is 0 Å². The molecular formula is C10H13N3. The topological polar surface area (TPSA) is 31.9 Å². The zero-order valence-corrected chi connectivity index (χ0v) is 7.75. The van der Waals surface area contributed by atoms with Crippen molar-refractivity contribution in [2.45, 2.75) is 18.9 Å². The first-order valence-electron chi connectivity index (χ1n) is 4.53. The van der Waals surface area contributed by atoms with Crippen LogP contribution in [0.25, 0.3) is 0 Å². The number of H-pyrrole nitrogens is 1. The van der Waals surface area contributed by atoms with Crippen LogP contribution in [0.15, 0.2) is 6.20 Å². The molecule has 0 amide bonds. The molecule has 13 heavy (non-hydrogen) atoms. The van der Waals surface area contributed by atoms with Crippen LogP contribution < -0.4 is 0 Å². The zero-order valence-electron chi connectivity index (χ0n) is 7.75. The maximum atomic E-state index is 5.26. The summed E-state index contributed by atoms with van der Waals surface area (Å²) in [6.45, 7) is 1.15. The molecule has 2 rings (SSSR count). The van der Waals surface area contributed by atoms with Gasteiger partial charge in [-0.3, -0.25) is 4.90 Å². The Bertz CT molecular complexity index is 334. The third kappa shape index (κ3) is 1.45. The maximum Gasteiger partial charge on any atom is 0.124 e. The van der Waals surface area contributed by atoms with Crippen molar-refractivity contribution in [1.82, 2.24) is 14.9 Å². The number of hydrogen-bond acceptors (Lipinski definition) is 2. The van der Waals surface area contributed by atoms with E-state index in [0.29, 0.717) is 6.04 Å². The van der Waals surface area contributed by atoms with Crippen LogP contribution in [-0.4, -0.2) is 28.5 Å². The third-order valence-electron chi connectivity index (χ3n) is 2.59. The summed E-state index contributed by atoms with van der Waals surface area (Å²) in [7, 11) is 2.12. The molecule has 1 saturated heterocycles. The Balaban J connectivity index is 2.21. The van der Waals surface area contributed by atoms with E-state index in [-0.39, 0.29) is 0 Å². The van der Waals surface area contributed by atoms with Gasteiger partial charge in [0.2, 0.25) is 0 Å². The van der Waals surface area contributed by atoms with Crippen LogP contribution >= 0.6 is 0 Å². The third-order valence-corrected chi connectivity index (χ3v) is 2.59. The Morgan fingerprint density at radius 3 is 3.15 bits per heavy atom. The van der Waals surface area contributed by atoms with Crippen LogP contribution in [0.2, 0.25) is 0 Å². The number of aromatic nitrogens is 2. The van der Waals surface area contributed by atoms with Crippen LogP contribution in [0.5, 0.6) is 0 Å². The van der Waals surface area contributed by atoms with Gasteiger partial charge in [-0.05, 0) is 26.4 Å². The Hall–Kier alpha value is -1.27. The molecule has 0 saturated carbocycles. The van der Waals surface area contributed by atoms with E-state index in [1.807, 2.05) is 0 Å². The highest BCUT2D eigenvalue weighted by Crippen LogP contribution is 2.27. The van der Waals surface area contributed by atoms with Crippen molar-refractivity contribution >= 4 is 0 Å². The molecule has 1 fully saturated rings. The van der Waals surface area contributed by atoms with Crippen LogP contribution in [0.3, 0.4) is 0 Å². The number of aromatic amines is 1. The minimum atomic E-state index is 0.432. The number of terminal acetylenes is 1. The molecule has 0 radical (unpaired) electrons. The summed E-state index contributed by atoms with van der Waals surface area (Å²) < 4.78 is 0. The van der Waals surface area contributed by atoms with Gasteiger partial charge in [0.25, 0.3) is 0 Å². The van der Waals surface area contributed by atoms with E-state index in [1.165, 1.54) is 12.8 Å². The average Bonchev–Trinajstić information content (AvgIpc) is 2.71. The monoisotopic (exact) mass is 175 g/mol. The number of imidazole rings is 1. The molecule has 0 bridgehead atoms. The summed E-state index contributed by atoms with van der Waals surface area (Å²) in [5, 5.41) is 0. The van der Waals surface area contributed by atoms with Crippen molar-refractivity contribution in [3.63, 3.8) is 0 Å². The van der Waals surface area contributed by atoms with E-state index in [2.05, 4.69) is 27.8 Å². The number of nitrogens with zero attached hydrogens (tertiary/aromatic N) is 2. The summed E-state index contributed by atoms with van der Waals surface area (Å²) in [6.07, 6.45) is 9.40. The van der Waals surface area contributed by atoms with Gasteiger partial charge in [0.05, 0.1) is 12.2 Å². The van der Waals surface area contributed by atoms with E-state index in [0.717, 1.165) is 18.1 Å². The number of hydrogen-bond donors (Lipinski definition) is 1. The number of likely N-dealkylation sites (tertiary alicyclic amines) is 1. The lowest BCUT2D eigenvalue weighted by atomic mass is 10.2. The second kappa shape index (κ2) is 3.23. The highest BCUT2D eigenvalue weighted by molar-refractivity contribution is 5.23. The molecule has 1 unspecified atom stereocenters. The van der Waals surface area contributed by atoms with Gasteiger partial charge in [-0.25, -0.2) is 4.98 Å². The van der Waals surface area contributed by atoms with E-state index in [9.17, 15) is 0 Å². The second-order valence-corrected chi connectivity index (χ2v) is 3.47. The zero-order chi connectivity index (χ0) is 9.26. The van der Waals surface area contributed by atoms with Gasteiger partial charge in [0, 0.05) is 0 Å². The molecule has 1 aromatic heterocycles. The van der Waals surface area contributed by atoms with E-state index < -0.39 is 0 Å². The van der Waals surface area contributed by atoms with Crippen molar-refractivity contribution < 1.29 is 0 Å². The molecule has 1 aliphatic rings. The SMILES string of the molecule is C#Cc1cnc(C2CCCN2C)[nH]1. The van der Waals surface area contributed by atoms with Crippen molar-refractivity contribution in [3.05, 3.63) is 17.7 Å². The molecule has 0 spiro atoms. The normalized spacial score (nSPS) is 23.2. The Labute approximate surface area is 78.2 Å². The summed E-state index contributed by atoms with van der Waals surface area (Å²) in [4.78, 5) is 9.73. The second-order valence-electron chi connectivity index (χ2n) is 3.47. The van der Waals surface area contributed by atoms with Gasteiger partial charge in [-0.2, -0.15) is 0 Å². The summed E-state index contributed by atoms with van der Waals surface area (Å²) in [5.41, 5.74) is 0.773. The fraction of sp³-hybridized carbons (Fsp3) is 0.500. The highest BCUT2D eigenvalue weighted by Gasteiger charge is 2.24. The molecule has 1 N–H and O–H groups in total. The van der Waals surface area contributed by atoms with Crippen LogP contribution in [-0.2, 0) is 0 Å². The Kier molecular flexibility index (Phi) is 2.07. The van der Waals surface area contributed by atoms with Gasteiger partial charge in [0.15, 0.2) is 0 Å². The Morgan fingerprint density at radius 2 is 2.62 bits per heavy atom. The van der Waals surface area contributed by atoms with Gasteiger partial charge in [-0.1, -0.05) is 5.92 Å². The van der Waals surface area contributed by atoms with Crippen LogP contribution in [0.1, 0.15) is 30.4 Å². The first kappa shape index (κ1) is 8.33. The summed E-state index contributed by atoms with van der Waals surface area (Å²) >= 11 is 0. The smallest absolute Gasteiger partial charge is 0.124 e. The first-order valence-corrected chi connectivity index (χ1v) is 4.53. The Morgan fingerprint density at radius 1 is 1.77 bits per heavy atom. The van der Waals surface area contributed by atoms with Crippen molar-refractivity contribution in [2.24, 2.45) is 0 Å². The first-order chi connectivity index (χ1) is 6.31. The molecule has 3 heteroatoms. The maximum absolute atomic E-state index is 5.26. The van der Waals surface area contributed by atoms with Crippen LogP contribution in [0.4, 0.5) is 0 Å². The molecule has 0 aliphatic carbocycles. The van der Waals surface area contributed by atoms with Crippen molar-refractivity contribution in [3.8, 4) is 12.3 Å². The summed E-state index contributed by atoms with van der Waals surface area (Å²) in [5.74, 6) is 3.56. The van der Waals surface area contributed by atoms with Gasteiger partial charge >= 0.3 is 0 Å². The molecule has 68 valence electrons. The van der Waals surface area contributed by atoms with Gasteiger partial charge < -0.3 is 4.98 Å². The molecule has 0 aromatic carbocycles. The highest BCUT2D eigenvalue weighted by atomic mass is 15.2. The van der Waals surface area contributed by atoms with Crippen LogP contribution in [0, 0.1) is 12.3 Å². The average molecular weight is 175 g/mol. The standard InChI is InChI=1S/C10H13N3/c1-3-8-7-11-10(12-8)9-5-4-6-13(9)2/h1,7,9H,4-6H2,2H3,(H,11,12). The lowest BCUT2D eigenvalue weighted by Crippen LogP contribution is -2.18. The fourth-order valence-electron chi connectivity index (χ4n) is 1.84. The van der Waals surface area contributed by atoms with E-state index >= 15 is 0 Å². The lowest BCUT2D eigenvalue weighted by Gasteiger charge is -2.16. The predicted octanol–water partition coefficient (Wildman–Crippen LogP) is 1.16. The molecule has 1 aliphatic heterocycles. The van der Waals surface area contributed by atoms with Crippen molar-refractivity contribution in [2.75, 3.05) is 13.6 Å². The molecular weight excluding hydrogens is 162 g/mol. The molecule has 1 aromatic rings. The number of rotatable bonds is 1. The molecule has 1 atom stereocenters. The quantitative estimate of drug-likeness (QED) is 0.649. The lowest BCUT2D eigenvalue weighted by molar-refractivity contribution is 0.307. The molecule has 2 heterocycles. The minimum absolute atomic E-state index is 0.432.